The summed E-state index contributed by atoms with van der Waals surface area (Å²) in [5, 5.41) is 9.10. The lowest BCUT2D eigenvalue weighted by Crippen LogP contribution is -2.22. The fourth-order valence-corrected chi connectivity index (χ4v) is 2.16. The number of benzene rings is 1. The number of carboxylic acids is 1. The first-order valence-corrected chi connectivity index (χ1v) is 5.14. The van der Waals surface area contributed by atoms with E-state index in [0.717, 1.165) is 5.56 Å². The van der Waals surface area contributed by atoms with Crippen LogP contribution in [0.1, 0.15) is 11.5 Å². The SMILES string of the molecule is CN1C[C@H](C(=O)O)[C@@H](c2ccccc2)C1=O. The zero-order chi connectivity index (χ0) is 11.7. The Morgan fingerprint density at radius 2 is 2.00 bits per heavy atom. The maximum absolute atomic E-state index is 11.9. The second-order valence-electron chi connectivity index (χ2n) is 4.05. The Balaban J connectivity index is 2.37. The summed E-state index contributed by atoms with van der Waals surface area (Å²) in [6.07, 6.45) is 0. The van der Waals surface area contributed by atoms with Crippen molar-refractivity contribution in [3.05, 3.63) is 35.9 Å². The Hall–Kier alpha value is -1.84. The van der Waals surface area contributed by atoms with Crippen LogP contribution < -0.4 is 0 Å². The lowest BCUT2D eigenvalue weighted by molar-refractivity contribution is -0.142. The first-order valence-electron chi connectivity index (χ1n) is 5.14. The molecule has 1 fully saturated rings. The predicted octanol–water partition coefficient (Wildman–Crippen LogP) is 0.943. The minimum absolute atomic E-state index is 0.112. The Morgan fingerprint density at radius 1 is 1.38 bits per heavy atom. The average Bonchev–Trinajstić information content (AvgIpc) is 2.57. The predicted molar refractivity (Wildman–Crippen MR) is 57.9 cm³/mol. The molecule has 2 rings (SSSR count). The molecular formula is C12H13NO3. The largest absolute Gasteiger partial charge is 0.481 e. The lowest BCUT2D eigenvalue weighted by Gasteiger charge is -2.12. The molecule has 0 spiro atoms. The number of likely N-dealkylation sites (tertiary alicyclic amines) is 1. The summed E-state index contributed by atoms with van der Waals surface area (Å²) >= 11 is 0. The van der Waals surface area contributed by atoms with Gasteiger partial charge >= 0.3 is 5.97 Å². The van der Waals surface area contributed by atoms with Crippen molar-refractivity contribution in [2.75, 3.05) is 13.6 Å². The molecular weight excluding hydrogens is 206 g/mol. The summed E-state index contributed by atoms with van der Waals surface area (Å²) in [4.78, 5) is 24.5. The quantitative estimate of drug-likeness (QED) is 0.805. The average molecular weight is 219 g/mol. The molecule has 0 bridgehead atoms. The summed E-state index contributed by atoms with van der Waals surface area (Å²) in [5.74, 6) is -2.20. The molecule has 84 valence electrons. The molecule has 1 aromatic carbocycles. The van der Waals surface area contributed by atoms with Crippen molar-refractivity contribution in [3.63, 3.8) is 0 Å². The highest BCUT2D eigenvalue weighted by atomic mass is 16.4. The standard InChI is InChI=1S/C12H13NO3/c1-13-7-9(12(15)16)10(11(13)14)8-5-3-2-4-6-8/h2-6,9-10H,7H2,1H3,(H,15,16)/t9-,10+/m0/s1. The zero-order valence-electron chi connectivity index (χ0n) is 8.96. The van der Waals surface area contributed by atoms with Gasteiger partial charge in [-0.15, -0.1) is 0 Å². The van der Waals surface area contributed by atoms with Crippen LogP contribution in [0.3, 0.4) is 0 Å². The second kappa shape index (κ2) is 3.96. The number of carbonyl (C=O) groups excluding carboxylic acids is 1. The third-order valence-electron chi connectivity index (χ3n) is 2.99. The normalized spacial score (nSPS) is 24.8. The van der Waals surface area contributed by atoms with Crippen LogP contribution in [0, 0.1) is 5.92 Å². The fraction of sp³-hybridized carbons (Fsp3) is 0.333. The van der Waals surface area contributed by atoms with Crippen molar-refractivity contribution in [1.82, 2.24) is 4.90 Å². The van der Waals surface area contributed by atoms with Crippen LogP contribution in [-0.4, -0.2) is 35.5 Å². The highest BCUT2D eigenvalue weighted by Crippen LogP contribution is 2.33. The van der Waals surface area contributed by atoms with Crippen LogP contribution in [0.5, 0.6) is 0 Å². The number of hydrogen-bond donors (Lipinski definition) is 1. The van der Waals surface area contributed by atoms with Crippen molar-refractivity contribution in [2.45, 2.75) is 5.92 Å². The van der Waals surface area contributed by atoms with Gasteiger partial charge < -0.3 is 10.0 Å². The fourth-order valence-electron chi connectivity index (χ4n) is 2.16. The van der Waals surface area contributed by atoms with Gasteiger partial charge in [-0.05, 0) is 5.56 Å². The first-order chi connectivity index (χ1) is 7.61. The molecule has 0 radical (unpaired) electrons. The van der Waals surface area contributed by atoms with Crippen LogP contribution >= 0.6 is 0 Å². The molecule has 2 atom stereocenters. The topological polar surface area (TPSA) is 57.6 Å². The van der Waals surface area contributed by atoms with Crippen molar-refractivity contribution >= 4 is 11.9 Å². The Morgan fingerprint density at radius 3 is 2.56 bits per heavy atom. The Bertz CT molecular complexity index is 416. The number of amides is 1. The molecule has 0 aromatic heterocycles. The van der Waals surface area contributed by atoms with Crippen molar-refractivity contribution in [1.29, 1.82) is 0 Å². The molecule has 4 heteroatoms. The molecule has 0 aliphatic carbocycles. The van der Waals surface area contributed by atoms with Crippen molar-refractivity contribution < 1.29 is 14.7 Å². The molecule has 1 saturated heterocycles. The second-order valence-corrected chi connectivity index (χ2v) is 4.05. The molecule has 1 aliphatic rings. The summed E-state index contributed by atoms with van der Waals surface area (Å²) in [5.41, 5.74) is 0.782. The molecule has 1 aliphatic heterocycles. The molecule has 1 amide bonds. The maximum atomic E-state index is 11.9. The number of carbonyl (C=O) groups is 2. The number of likely N-dealkylation sites (N-methyl/N-ethyl adjacent to an activating group) is 1. The molecule has 16 heavy (non-hydrogen) atoms. The molecule has 1 N–H and O–H groups in total. The van der Waals surface area contributed by atoms with Crippen LogP contribution in [0.15, 0.2) is 30.3 Å². The summed E-state index contributed by atoms with van der Waals surface area (Å²) in [7, 11) is 1.64. The minimum Gasteiger partial charge on any atom is -0.481 e. The zero-order valence-corrected chi connectivity index (χ0v) is 8.96. The summed E-state index contributed by atoms with van der Waals surface area (Å²) < 4.78 is 0. The molecule has 4 nitrogen and oxygen atoms in total. The highest BCUT2D eigenvalue weighted by molar-refractivity contribution is 5.92. The molecule has 1 aromatic rings. The van der Waals surface area contributed by atoms with Gasteiger partial charge in [-0.3, -0.25) is 9.59 Å². The number of rotatable bonds is 2. The smallest absolute Gasteiger partial charge is 0.309 e. The van der Waals surface area contributed by atoms with Crippen molar-refractivity contribution in [3.8, 4) is 0 Å². The molecule has 1 heterocycles. The van der Waals surface area contributed by atoms with E-state index in [0.29, 0.717) is 0 Å². The summed E-state index contributed by atoms with van der Waals surface area (Å²) in [6.45, 7) is 0.285. The van der Waals surface area contributed by atoms with Gasteiger partial charge in [-0.2, -0.15) is 0 Å². The Kier molecular flexibility index (Phi) is 2.64. The number of nitrogens with zero attached hydrogens (tertiary/aromatic N) is 1. The van der Waals surface area contributed by atoms with Gasteiger partial charge in [0.25, 0.3) is 0 Å². The van der Waals surface area contributed by atoms with Gasteiger partial charge in [0.15, 0.2) is 0 Å². The third kappa shape index (κ3) is 1.66. The first kappa shape index (κ1) is 10.7. The third-order valence-corrected chi connectivity index (χ3v) is 2.99. The number of carboxylic acid groups (broad SMARTS) is 1. The van der Waals surface area contributed by atoms with E-state index >= 15 is 0 Å². The number of hydrogen-bond acceptors (Lipinski definition) is 2. The van der Waals surface area contributed by atoms with Crippen LogP contribution in [0.2, 0.25) is 0 Å². The maximum Gasteiger partial charge on any atom is 0.309 e. The van der Waals surface area contributed by atoms with Gasteiger partial charge in [0.05, 0.1) is 11.8 Å². The van der Waals surface area contributed by atoms with E-state index in [-0.39, 0.29) is 12.5 Å². The minimum atomic E-state index is -0.911. The monoisotopic (exact) mass is 219 g/mol. The highest BCUT2D eigenvalue weighted by Gasteiger charge is 2.43. The number of aliphatic carboxylic acids is 1. The molecule has 0 saturated carbocycles. The van der Waals surface area contributed by atoms with Gasteiger partial charge in [-0.1, -0.05) is 30.3 Å². The van der Waals surface area contributed by atoms with E-state index in [1.807, 2.05) is 18.2 Å². The van der Waals surface area contributed by atoms with E-state index in [1.165, 1.54) is 4.90 Å². The van der Waals surface area contributed by atoms with E-state index in [1.54, 1.807) is 19.2 Å². The van der Waals surface area contributed by atoms with Gasteiger partial charge in [0.1, 0.15) is 0 Å². The van der Waals surface area contributed by atoms with Gasteiger partial charge in [0.2, 0.25) is 5.91 Å². The Labute approximate surface area is 93.5 Å². The van der Waals surface area contributed by atoms with Crippen LogP contribution in [0.4, 0.5) is 0 Å². The van der Waals surface area contributed by atoms with E-state index in [9.17, 15) is 9.59 Å². The van der Waals surface area contributed by atoms with E-state index in [2.05, 4.69) is 0 Å². The van der Waals surface area contributed by atoms with E-state index in [4.69, 9.17) is 5.11 Å². The van der Waals surface area contributed by atoms with Crippen molar-refractivity contribution in [2.24, 2.45) is 5.92 Å². The lowest BCUT2D eigenvalue weighted by atomic mass is 9.88. The van der Waals surface area contributed by atoms with Crippen LogP contribution in [0.25, 0.3) is 0 Å². The summed E-state index contributed by atoms with van der Waals surface area (Å²) in [6, 6.07) is 9.09. The van der Waals surface area contributed by atoms with Crippen LogP contribution in [-0.2, 0) is 9.59 Å². The molecule has 0 unspecified atom stereocenters. The van der Waals surface area contributed by atoms with Gasteiger partial charge in [-0.25, -0.2) is 0 Å². The van der Waals surface area contributed by atoms with Gasteiger partial charge in [0, 0.05) is 13.6 Å². The van der Waals surface area contributed by atoms with E-state index < -0.39 is 17.8 Å².